The van der Waals surface area contributed by atoms with Crippen molar-refractivity contribution in [1.29, 1.82) is 0 Å². The lowest BCUT2D eigenvalue weighted by Crippen LogP contribution is -1.98. The number of hydrogen-bond donors (Lipinski definition) is 0. The number of aldehydes is 1. The van der Waals surface area contributed by atoms with E-state index in [0.29, 0.717) is 11.5 Å². The van der Waals surface area contributed by atoms with E-state index in [9.17, 15) is 4.79 Å². The lowest BCUT2D eigenvalue weighted by molar-refractivity contribution is 0.112. The van der Waals surface area contributed by atoms with Crippen LogP contribution in [-0.2, 0) is 6.42 Å². The Bertz CT molecular complexity index is 569. The van der Waals surface area contributed by atoms with Crippen molar-refractivity contribution in [3.63, 3.8) is 0 Å². The minimum atomic E-state index is 0.572. The summed E-state index contributed by atoms with van der Waals surface area (Å²) in [6.45, 7) is 8.24. The Hall–Kier alpha value is -1.49. The van der Waals surface area contributed by atoms with Crippen molar-refractivity contribution in [2.75, 3.05) is 0 Å². The van der Waals surface area contributed by atoms with Gasteiger partial charge in [-0.3, -0.25) is 9.36 Å². The Morgan fingerprint density at radius 1 is 1.39 bits per heavy atom. The molecule has 0 bridgehead atoms. The topological polar surface area (TPSA) is 47.8 Å². The average Bonchev–Trinajstić information content (AvgIpc) is 2.83. The molecule has 0 spiro atoms. The molecule has 0 fully saturated rings. The fourth-order valence-corrected chi connectivity index (χ4v) is 3.13. The molecular formula is C13H17N3OS. The van der Waals surface area contributed by atoms with Crippen LogP contribution < -0.4 is 0 Å². The van der Waals surface area contributed by atoms with Crippen LogP contribution in [0.15, 0.2) is 6.07 Å². The van der Waals surface area contributed by atoms with Crippen LogP contribution in [0.1, 0.15) is 40.6 Å². The van der Waals surface area contributed by atoms with Crippen molar-refractivity contribution in [1.82, 2.24) is 14.8 Å². The number of aromatic nitrogens is 3. The van der Waals surface area contributed by atoms with Gasteiger partial charge in [0.25, 0.3) is 0 Å². The highest BCUT2D eigenvalue weighted by Crippen LogP contribution is 2.23. The Labute approximate surface area is 111 Å². The Morgan fingerprint density at radius 3 is 2.67 bits per heavy atom. The molecular weight excluding hydrogens is 246 g/mol. The zero-order valence-electron chi connectivity index (χ0n) is 11.1. The van der Waals surface area contributed by atoms with E-state index < -0.39 is 0 Å². The summed E-state index contributed by atoms with van der Waals surface area (Å²) in [5, 5.41) is 10.3. The third-order valence-corrected chi connectivity index (χ3v) is 3.76. The first-order chi connectivity index (χ1) is 8.52. The molecule has 0 N–H and O–H groups in total. The highest BCUT2D eigenvalue weighted by Gasteiger charge is 2.14. The van der Waals surface area contributed by atoms with E-state index >= 15 is 0 Å². The lowest BCUT2D eigenvalue weighted by Gasteiger charge is -2.03. The Kier molecular flexibility index (Phi) is 3.61. The number of aryl methyl sites for hydroxylation is 1. The molecule has 0 amide bonds. The molecule has 0 aromatic carbocycles. The van der Waals surface area contributed by atoms with E-state index in [1.54, 1.807) is 11.3 Å². The smallest absolute Gasteiger partial charge is 0.216 e. The predicted octanol–water partition coefficient (Wildman–Crippen LogP) is 2.96. The summed E-state index contributed by atoms with van der Waals surface area (Å²) < 4.78 is 1.99. The van der Waals surface area contributed by atoms with Gasteiger partial charge in [-0.1, -0.05) is 25.2 Å². The third kappa shape index (κ3) is 2.36. The summed E-state index contributed by atoms with van der Waals surface area (Å²) in [6.07, 6.45) is 1.83. The van der Waals surface area contributed by atoms with Crippen LogP contribution in [0.2, 0.25) is 0 Å². The second-order valence-electron chi connectivity index (χ2n) is 4.86. The van der Waals surface area contributed by atoms with Gasteiger partial charge in [0.15, 0.2) is 6.29 Å². The van der Waals surface area contributed by atoms with Gasteiger partial charge in [0, 0.05) is 23.4 Å². The van der Waals surface area contributed by atoms with Crippen molar-refractivity contribution in [2.45, 2.75) is 34.1 Å². The average molecular weight is 263 g/mol. The molecule has 0 saturated heterocycles. The molecule has 0 unspecified atom stereocenters. The van der Waals surface area contributed by atoms with Crippen LogP contribution in [0, 0.1) is 19.8 Å². The minimum absolute atomic E-state index is 0.572. The Balaban J connectivity index is 2.40. The van der Waals surface area contributed by atoms with Crippen molar-refractivity contribution >= 4 is 17.6 Å². The highest BCUT2D eigenvalue weighted by atomic mass is 32.1. The molecule has 4 nitrogen and oxygen atoms in total. The van der Waals surface area contributed by atoms with Crippen molar-refractivity contribution in [3.05, 3.63) is 28.0 Å². The second kappa shape index (κ2) is 5.02. The molecule has 2 aromatic rings. The molecule has 96 valence electrons. The molecule has 2 aromatic heterocycles. The van der Waals surface area contributed by atoms with Gasteiger partial charge in [0.1, 0.15) is 5.01 Å². The summed E-state index contributed by atoms with van der Waals surface area (Å²) >= 11 is 1.59. The molecule has 0 aliphatic carbocycles. The lowest BCUT2D eigenvalue weighted by atomic mass is 10.1. The third-order valence-electron chi connectivity index (χ3n) is 2.83. The SMILES string of the molecule is Cc1cc(C=O)c(C)n1-c1nnc(CC(C)C)s1. The molecule has 2 rings (SSSR count). The number of carbonyl (C=O) groups is 1. The van der Waals surface area contributed by atoms with E-state index in [4.69, 9.17) is 0 Å². The molecule has 0 saturated carbocycles. The van der Waals surface area contributed by atoms with Crippen molar-refractivity contribution in [2.24, 2.45) is 5.92 Å². The number of carbonyl (C=O) groups excluding carboxylic acids is 1. The summed E-state index contributed by atoms with van der Waals surface area (Å²) in [4.78, 5) is 10.9. The number of rotatable bonds is 4. The maximum absolute atomic E-state index is 10.9. The standard InChI is InChI=1S/C13H17N3OS/c1-8(2)5-12-14-15-13(18-12)16-9(3)6-11(7-17)10(16)4/h6-8H,5H2,1-4H3. The van der Waals surface area contributed by atoms with E-state index in [0.717, 1.165) is 34.2 Å². The van der Waals surface area contributed by atoms with Gasteiger partial charge in [0.2, 0.25) is 5.13 Å². The fourth-order valence-electron chi connectivity index (χ4n) is 1.97. The van der Waals surface area contributed by atoms with Gasteiger partial charge in [0.05, 0.1) is 0 Å². The van der Waals surface area contributed by atoms with Gasteiger partial charge in [-0.2, -0.15) is 0 Å². The summed E-state index contributed by atoms with van der Waals surface area (Å²) in [5.41, 5.74) is 2.66. The van der Waals surface area contributed by atoms with E-state index in [-0.39, 0.29) is 0 Å². The molecule has 5 heteroatoms. The maximum atomic E-state index is 10.9. The summed E-state index contributed by atoms with van der Waals surface area (Å²) in [7, 11) is 0. The molecule has 0 aliphatic rings. The van der Waals surface area contributed by atoms with E-state index in [2.05, 4.69) is 24.0 Å². The van der Waals surface area contributed by atoms with Crippen LogP contribution in [0.4, 0.5) is 0 Å². The van der Waals surface area contributed by atoms with Crippen LogP contribution in [0.25, 0.3) is 5.13 Å². The maximum Gasteiger partial charge on any atom is 0.216 e. The first kappa shape index (κ1) is 13.0. The summed E-state index contributed by atoms with van der Waals surface area (Å²) in [5.74, 6) is 0.572. The monoisotopic (exact) mass is 263 g/mol. The van der Waals surface area contributed by atoms with Gasteiger partial charge in [-0.25, -0.2) is 0 Å². The van der Waals surface area contributed by atoms with Crippen LogP contribution in [0.3, 0.4) is 0 Å². The molecule has 0 radical (unpaired) electrons. The number of hydrogen-bond acceptors (Lipinski definition) is 4. The zero-order valence-corrected chi connectivity index (χ0v) is 11.9. The largest absolute Gasteiger partial charge is 0.298 e. The molecule has 0 aliphatic heterocycles. The Morgan fingerprint density at radius 2 is 2.11 bits per heavy atom. The number of nitrogens with zero attached hydrogens (tertiary/aromatic N) is 3. The molecule has 0 atom stereocenters. The first-order valence-electron chi connectivity index (χ1n) is 5.99. The predicted molar refractivity (Wildman–Crippen MR) is 72.6 cm³/mol. The summed E-state index contributed by atoms with van der Waals surface area (Å²) in [6, 6.07) is 1.88. The minimum Gasteiger partial charge on any atom is -0.298 e. The van der Waals surface area contributed by atoms with Gasteiger partial charge in [-0.15, -0.1) is 10.2 Å². The molecule has 2 heterocycles. The second-order valence-corrected chi connectivity index (χ2v) is 5.90. The van der Waals surface area contributed by atoms with E-state index in [1.165, 1.54) is 0 Å². The van der Waals surface area contributed by atoms with Crippen LogP contribution >= 0.6 is 11.3 Å². The van der Waals surface area contributed by atoms with Crippen LogP contribution in [-0.4, -0.2) is 21.1 Å². The molecule has 18 heavy (non-hydrogen) atoms. The first-order valence-corrected chi connectivity index (χ1v) is 6.81. The fraction of sp³-hybridized carbons (Fsp3) is 0.462. The van der Waals surface area contributed by atoms with Gasteiger partial charge < -0.3 is 0 Å². The van der Waals surface area contributed by atoms with Crippen molar-refractivity contribution in [3.8, 4) is 5.13 Å². The van der Waals surface area contributed by atoms with E-state index in [1.807, 2.05) is 24.5 Å². The quantitative estimate of drug-likeness (QED) is 0.797. The zero-order chi connectivity index (χ0) is 13.3. The normalized spacial score (nSPS) is 11.2. The highest BCUT2D eigenvalue weighted by molar-refractivity contribution is 7.13. The van der Waals surface area contributed by atoms with Crippen molar-refractivity contribution < 1.29 is 4.79 Å². The van der Waals surface area contributed by atoms with Gasteiger partial charge >= 0.3 is 0 Å². The van der Waals surface area contributed by atoms with Crippen LogP contribution in [0.5, 0.6) is 0 Å². The van der Waals surface area contributed by atoms with Gasteiger partial charge in [-0.05, 0) is 25.8 Å².